The molecule has 0 aromatic carbocycles. The number of urea groups is 1. The van der Waals surface area contributed by atoms with Crippen molar-refractivity contribution < 1.29 is 23.8 Å². The van der Waals surface area contributed by atoms with Gasteiger partial charge in [-0.05, 0) is 6.92 Å². The van der Waals surface area contributed by atoms with Crippen molar-refractivity contribution >= 4 is 12.1 Å². The summed E-state index contributed by atoms with van der Waals surface area (Å²) in [6, 6.07) is 0.0429. The van der Waals surface area contributed by atoms with E-state index in [-0.39, 0.29) is 12.1 Å². The van der Waals surface area contributed by atoms with Gasteiger partial charge in [0.1, 0.15) is 0 Å². The van der Waals surface area contributed by atoms with Gasteiger partial charge >= 0.3 is 12.1 Å². The molecule has 0 aromatic rings. The van der Waals surface area contributed by atoms with Crippen molar-refractivity contribution in [2.75, 3.05) is 59.1 Å². The van der Waals surface area contributed by atoms with Gasteiger partial charge in [0.15, 0.2) is 5.79 Å². The van der Waals surface area contributed by atoms with E-state index in [4.69, 9.17) is 14.2 Å². The van der Waals surface area contributed by atoms with Gasteiger partial charge in [-0.25, -0.2) is 9.59 Å². The monoisotopic (exact) mass is 327 g/mol. The zero-order chi connectivity index (χ0) is 16.3. The van der Waals surface area contributed by atoms with Crippen LogP contribution >= 0.6 is 0 Å². The Kier molecular flexibility index (Phi) is 4.91. The molecule has 1 spiro atoms. The third-order valence-corrected chi connectivity index (χ3v) is 4.69. The lowest BCUT2D eigenvalue weighted by atomic mass is 10.0. The number of hydrogen-bond acceptors (Lipinski definition) is 5. The van der Waals surface area contributed by atoms with Gasteiger partial charge in [-0.2, -0.15) is 0 Å². The van der Waals surface area contributed by atoms with E-state index in [1.165, 1.54) is 0 Å². The molecule has 0 atom stereocenters. The lowest BCUT2D eigenvalue weighted by Crippen LogP contribution is -2.56. The average molecular weight is 327 g/mol. The fourth-order valence-corrected chi connectivity index (χ4v) is 3.32. The number of carbonyl (C=O) groups is 2. The third-order valence-electron chi connectivity index (χ3n) is 4.69. The van der Waals surface area contributed by atoms with E-state index >= 15 is 0 Å². The van der Waals surface area contributed by atoms with E-state index in [0.717, 1.165) is 12.8 Å². The predicted octanol–water partition coefficient (Wildman–Crippen LogP) is 0.719. The van der Waals surface area contributed by atoms with Crippen molar-refractivity contribution in [3.63, 3.8) is 0 Å². The molecule has 0 unspecified atom stereocenters. The maximum absolute atomic E-state index is 12.6. The molecular weight excluding hydrogens is 302 g/mol. The second kappa shape index (κ2) is 6.92. The number of amides is 3. The van der Waals surface area contributed by atoms with Crippen molar-refractivity contribution in [1.82, 2.24) is 14.7 Å². The lowest BCUT2D eigenvalue weighted by Gasteiger charge is -2.41. The van der Waals surface area contributed by atoms with Gasteiger partial charge in [0.05, 0.1) is 19.8 Å². The van der Waals surface area contributed by atoms with Crippen molar-refractivity contribution in [1.29, 1.82) is 0 Å². The van der Waals surface area contributed by atoms with Crippen LogP contribution in [0.25, 0.3) is 0 Å². The Balaban J connectivity index is 1.46. The summed E-state index contributed by atoms with van der Waals surface area (Å²) in [6.07, 6.45) is 1.15. The van der Waals surface area contributed by atoms with Gasteiger partial charge in [-0.1, -0.05) is 0 Å². The van der Waals surface area contributed by atoms with Gasteiger partial charge in [0.25, 0.3) is 0 Å². The van der Waals surface area contributed by atoms with E-state index in [2.05, 4.69) is 0 Å². The van der Waals surface area contributed by atoms with E-state index in [1.54, 1.807) is 11.8 Å². The van der Waals surface area contributed by atoms with Gasteiger partial charge in [-0.3, -0.25) is 0 Å². The molecule has 0 bridgehead atoms. The highest BCUT2D eigenvalue weighted by molar-refractivity contribution is 5.75. The Bertz CT molecular complexity index is 434. The van der Waals surface area contributed by atoms with Crippen LogP contribution in [0.15, 0.2) is 0 Å². The number of carbonyl (C=O) groups excluding carboxylic acids is 2. The van der Waals surface area contributed by atoms with Crippen LogP contribution in [0.2, 0.25) is 0 Å². The van der Waals surface area contributed by atoms with E-state index in [0.29, 0.717) is 59.1 Å². The first kappa shape index (κ1) is 16.3. The smallest absolute Gasteiger partial charge is 0.409 e. The summed E-state index contributed by atoms with van der Waals surface area (Å²) < 4.78 is 16.4. The number of piperidine rings is 1. The number of rotatable bonds is 1. The molecule has 23 heavy (non-hydrogen) atoms. The zero-order valence-corrected chi connectivity index (χ0v) is 13.7. The third kappa shape index (κ3) is 3.53. The Hall–Kier alpha value is -1.54. The molecule has 8 nitrogen and oxygen atoms in total. The number of piperazine rings is 1. The van der Waals surface area contributed by atoms with Gasteiger partial charge in [0, 0.05) is 52.1 Å². The van der Waals surface area contributed by atoms with Crippen LogP contribution in [0, 0.1) is 0 Å². The lowest BCUT2D eigenvalue weighted by molar-refractivity contribution is -0.182. The number of hydrogen-bond donors (Lipinski definition) is 0. The molecule has 0 N–H and O–H groups in total. The summed E-state index contributed by atoms with van der Waals surface area (Å²) in [6.45, 7) is 6.89. The molecule has 3 heterocycles. The topological polar surface area (TPSA) is 71.6 Å². The van der Waals surface area contributed by atoms with Crippen molar-refractivity contribution in [2.24, 2.45) is 0 Å². The van der Waals surface area contributed by atoms with Crippen LogP contribution in [0.5, 0.6) is 0 Å². The summed E-state index contributed by atoms with van der Waals surface area (Å²) in [5, 5.41) is 0. The Morgan fingerprint density at radius 2 is 1.43 bits per heavy atom. The molecule has 3 aliphatic rings. The predicted molar refractivity (Wildman–Crippen MR) is 81.0 cm³/mol. The van der Waals surface area contributed by atoms with Crippen molar-refractivity contribution in [2.45, 2.75) is 25.6 Å². The maximum Gasteiger partial charge on any atom is 0.409 e. The minimum absolute atomic E-state index is 0.0429. The van der Waals surface area contributed by atoms with Crippen LogP contribution in [-0.2, 0) is 14.2 Å². The number of likely N-dealkylation sites (tertiary alicyclic amines) is 1. The van der Waals surface area contributed by atoms with Crippen LogP contribution in [0.4, 0.5) is 9.59 Å². The molecule has 3 saturated heterocycles. The molecule has 0 aromatic heterocycles. The molecule has 3 amide bonds. The number of nitrogens with zero attached hydrogens (tertiary/aromatic N) is 3. The minimum Gasteiger partial charge on any atom is -0.450 e. The summed E-state index contributed by atoms with van der Waals surface area (Å²) in [5.74, 6) is -0.459. The fraction of sp³-hybridized carbons (Fsp3) is 0.867. The number of ether oxygens (including phenoxy) is 3. The first-order chi connectivity index (χ1) is 11.1. The molecular formula is C15H25N3O5. The van der Waals surface area contributed by atoms with E-state index < -0.39 is 5.79 Å². The highest BCUT2D eigenvalue weighted by atomic mass is 16.7. The maximum atomic E-state index is 12.6. The van der Waals surface area contributed by atoms with E-state index in [1.807, 2.05) is 9.80 Å². The van der Waals surface area contributed by atoms with Crippen LogP contribution < -0.4 is 0 Å². The van der Waals surface area contributed by atoms with Gasteiger partial charge in [-0.15, -0.1) is 0 Å². The normalized spacial score (nSPS) is 24.1. The Morgan fingerprint density at radius 3 is 2.00 bits per heavy atom. The molecule has 8 heteroatoms. The van der Waals surface area contributed by atoms with Crippen LogP contribution in [0.1, 0.15) is 19.8 Å². The Labute approximate surface area is 136 Å². The zero-order valence-electron chi connectivity index (χ0n) is 13.7. The van der Waals surface area contributed by atoms with Gasteiger partial charge in [0.2, 0.25) is 0 Å². The molecule has 3 rings (SSSR count). The standard InChI is InChI=1S/C15H25N3O5/c1-2-21-14(20)18-9-7-17(8-10-18)13(19)16-5-3-15(4-6-16)22-11-12-23-15/h2-12H2,1H3. The molecule has 0 aliphatic carbocycles. The SMILES string of the molecule is CCOC(=O)N1CCN(C(=O)N2CCC3(CC2)OCCO3)CC1. The Morgan fingerprint density at radius 1 is 0.913 bits per heavy atom. The summed E-state index contributed by atoms with van der Waals surface area (Å²) >= 11 is 0. The van der Waals surface area contributed by atoms with Crippen LogP contribution in [-0.4, -0.2) is 91.7 Å². The summed E-state index contributed by atoms with van der Waals surface area (Å²) in [5.41, 5.74) is 0. The molecule has 0 radical (unpaired) electrons. The molecule has 0 saturated carbocycles. The molecule has 3 aliphatic heterocycles. The van der Waals surface area contributed by atoms with Crippen molar-refractivity contribution in [3.8, 4) is 0 Å². The summed E-state index contributed by atoms with van der Waals surface area (Å²) in [7, 11) is 0. The second-order valence-corrected chi connectivity index (χ2v) is 6.05. The second-order valence-electron chi connectivity index (χ2n) is 6.05. The largest absolute Gasteiger partial charge is 0.450 e. The molecule has 130 valence electrons. The first-order valence-corrected chi connectivity index (χ1v) is 8.37. The first-order valence-electron chi connectivity index (χ1n) is 8.37. The summed E-state index contributed by atoms with van der Waals surface area (Å²) in [4.78, 5) is 29.6. The minimum atomic E-state index is -0.459. The van der Waals surface area contributed by atoms with Crippen LogP contribution in [0.3, 0.4) is 0 Å². The fourth-order valence-electron chi connectivity index (χ4n) is 3.32. The molecule has 3 fully saturated rings. The van der Waals surface area contributed by atoms with Crippen molar-refractivity contribution in [3.05, 3.63) is 0 Å². The highest BCUT2D eigenvalue weighted by Gasteiger charge is 2.41. The van der Waals surface area contributed by atoms with E-state index in [9.17, 15) is 9.59 Å². The average Bonchev–Trinajstić information content (AvgIpc) is 3.03. The quantitative estimate of drug-likeness (QED) is 0.710. The van der Waals surface area contributed by atoms with Gasteiger partial charge < -0.3 is 28.9 Å². The highest BCUT2D eigenvalue weighted by Crippen LogP contribution is 2.31.